The Morgan fingerprint density at radius 1 is 1.30 bits per heavy atom. The number of benzene rings is 1. The van der Waals surface area contributed by atoms with Gasteiger partial charge >= 0.3 is 0 Å². The molecule has 2 fully saturated rings. The van der Waals surface area contributed by atoms with Crippen molar-refractivity contribution in [1.29, 1.82) is 0 Å². The number of nitrogens with zero attached hydrogens (tertiary/aromatic N) is 5. The Labute approximate surface area is 176 Å². The largest absolute Gasteiger partial charge is 0.355 e. The van der Waals surface area contributed by atoms with Gasteiger partial charge in [0.15, 0.2) is 0 Å². The van der Waals surface area contributed by atoms with E-state index in [4.69, 9.17) is 20.9 Å². The molecule has 0 radical (unpaired) electrons. The molecule has 154 valence electrons. The SMILES string of the molecule is CC1CC1c1nc(-c2ncn3c2c(=O)n(C2(C)CCCO2)c2c(Cl)cccc23)no1. The summed E-state index contributed by atoms with van der Waals surface area (Å²) in [5.41, 5.74) is 1.17. The smallest absolute Gasteiger partial charge is 0.280 e. The molecule has 8 nitrogen and oxygen atoms in total. The number of imidazole rings is 1. The molecular weight excluding hydrogens is 406 g/mol. The van der Waals surface area contributed by atoms with Crippen LogP contribution in [0.25, 0.3) is 28.1 Å². The van der Waals surface area contributed by atoms with Crippen molar-refractivity contribution in [3.63, 3.8) is 0 Å². The summed E-state index contributed by atoms with van der Waals surface area (Å²) in [5.74, 6) is 1.77. The van der Waals surface area contributed by atoms with E-state index in [1.807, 2.05) is 19.1 Å². The lowest BCUT2D eigenvalue weighted by molar-refractivity contribution is -0.0447. The summed E-state index contributed by atoms with van der Waals surface area (Å²) in [6.45, 7) is 4.68. The highest BCUT2D eigenvalue weighted by molar-refractivity contribution is 6.35. The van der Waals surface area contributed by atoms with Gasteiger partial charge in [-0.1, -0.05) is 29.7 Å². The summed E-state index contributed by atoms with van der Waals surface area (Å²) in [6, 6.07) is 5.56. The molecule has 30 heavy (non-hydrogen) atoms. The topological polar surface area (TPSA) is 87.5 Å². The van der Waals surface area contributed by atoms with Gasteiger partial charge in [-0.15, -0.1) is 0 Å². The van der Waals surface area contributed by atoms with E-state index in [0.717, 1.165) is 24.8 Å². The molecule has 0 bridgehead atoms. The van der Waals surface area contributed by atoms with Crippen LogP contribution in [0.3, 0.4) is 0 Å². The van der Waals surface area contributed by atoms with Crippen LogP contribution in [0, 0.1) is 5.92 Å². The van der Waals surface area contributed by atoms with Crippen molar-refractivity contribution in [3.05, 3.63) is 45.8 Å². The van der Waals surface area contributed by atoms with Crippen molar-refractivity contribution in [3.8, 4) is 11.5 Å². The lowest BCUT2D eigenvalue weighted by Crippen LogP contribution is -2.39. The van der Waals surface area contributed by atoms with Crippen LogP contribution in [-0.2, 0) is 10.5 Å². The highest BCUT2D eigenvalue weighted by Gasteiger charge is 2.40. The number of hydrogen-bond acceptors (Lipinski definition) is 6. The van der Waals surface area contributed by atoms with Crippen LogP contribution in [0.2, 0.25) is 5.02 Å². The molecular formula is C21H20ClN5O3. The first kappa shape index (κ1) is 18.1. The summed E-state index contributed by atoms with van der Waals surface area (Å²) in [7, 11) is 0. The number of rotatable bonds is 3. The molecule has 0 spiro atoms. The molecule has 0 amide bonds. The van der Waals surface area contributed by atoms with Crippen LogP contribution in [-0.4, -0.2) is 30.7 Å². The number of fused-ring (bicyclic) bond motifs is 3. The van der Waals surface area contributed by atoms with Gasteiger partial charge in [0.1, 0.15) is 23.3 Å². The predicted octanol–water partition coefficient (Wildman–Crippen LogP) is 3.96. The third-order valence-electron chi connectivity index (χ3n) is 6.37. The van der Waals surface area contributed by atoms with Gasteiger partial charge in [-0.2, -0.15) is 4.98 Å². The monoisotopic (exact) mass is 425 g/mol. The third kappa shape index (κ3) is 2.43. The Morgan fingerprint density at radius 3 is 2.87 bits per heavy atom. The molecule has 1 saturated heterocycles. The number of halogens is 1. The fourth-order valence-electron chi connectivity index (χ4n) is 4.57. The van der Waals surface area contributed by atoms with Crippen molar-refractivity contribution in [2.75, 3.05) is 6.61 Å². The molecule has 3 atom stereocenters. The first-order valence-corrected chi connectivity index (χ1v) is 10.5. The van der Waals surface area contributed by atoms with Crippen LogP contribution in [0.5, 0.6) is 0 Å². The summed E-state index contributed by atoms with van der Waals surface area (Å²) in [5, 5.41) is 4.61. The number of ether oxygens (including phenoxy) is 1. The van der Waals surface area contributed by atoms with Gasteiger partial charge in [0.25, 0.3) is 5.56 Å². The van der Waals surface area contributed by atoms with E-state index in [1.54, 1.807) is 21.4 Å². The van der Waals surface area contributed by atoms with Crippen molar-refractivity contribution in [1.82, 2.24) is 24.1 Å². The lowest BCUT2D eigenvalue weighted by Gasteiger charge is -2.28. The third-order valence-corrected chi connectivity index (χ3v) is 6.68. The van der Waals surface area contributed by atoms with Crippen LogP contribution >= 0.6 is 11.6 Å². The Hall–Kier alpha value is -2.71. The van der Waals surface area contributed by atoms with Crippen LogP contribution in [0.4, 0.5) is 0 Å². The molecule has 4 aromatic rings. The molecule has 6 rings (SSSR count). The van der Waals surface area contributed by atoms with Gasteiger partial charge in [0.05, 0.1) is 16.1 Å². The van der Waals surface area contributed by atoms with E-state index in [1.165, 1.54) is 0 Å². The molecule has 1 aliphatic carbocycles. The average molecular weight is 426 g/mol. The zero-order valence-electron chi connectivity index (χ0n) is 16.6. The minimum atomic E-state index is -0.782. The summed E-state index contributed by atoms with van der Waals surface area (Å²) in [4.78, 5) is 22.9. The van der Waals surface area contributed by atoms with Crippen molar-refractivity contribution in [2.24, 2.45) is 5.92 Å². The van der Waals surface area contributed by atoms with Gasteiger partial charge < -0.3 is 9.26 Å². The quantitative estimate of drug-likeness (QED) is 0.493. The maximum absolute atomic E-state index is 13.8. The highest BCUT2D eigenvalue weighted by atomic mass is 35.5. The maximum atomic E-state index is 13.8. The van der Waals surface area contributed by atoms with E-state index < -0.39 is 5.72 Å². The maximum Gasteiger partial charge on any atom is 0.280 e. The molecule has 3 unspecified atom stereocenters. The molecule has 1 aromatic carbocycles. The molecule has 0 N–H and O–H groups in total. The van der Waals surface area contributed by atoms with Crippen LogP contribution < -0.4 is 5.56 Å². The van der Waals surface area contributed by atoms with E-state index in [9.17, 15) is 4.79 Å². The summed E-state index contributed by atoms with van der Waals surface area (Å²) < 4.78 is 14.9. The zero-order chi connectivity index (χ0) is 20.6. The Kier molecular flexibility index (Phi) is 3.71. The first-order chi connectivity index (χ1) is 14.5. The number of hydrogen-bond donors (Lipinski definition) is 0. The Bertz CT molecular complexity index is 1360. The minimum Gasteiger partial charge on any atom is -0.355 e. The van der Waals surface area contributed by atoms with E-state index in [-0.39, 0.29) is 5.56 Å². The molecule has 2 aliphatic rings. The summed E-state index contributed by atoms with van der Waals surface area (Å²) >= 11 is 6.57. The number of aromatic nitrogens is 5. The number of para-hydroxylation sites is 1. The Balaban J connectivity index is 1.67. The van der Waals surface area contributed by atoms with Crippen molar-refractivity contribution in [2.45, 2.75) is 44.8 Å². The normalized spacial score (nSPS) is 26.1. The molecule has 4 heterocycles. The second kappa shape index (κ2) is 6.15. The summed E-state index contributed by atoms with van der Waals surface area (Å²) in [6.07, 6.45) is 4.25. The predicted molar refractivity (Wildman–Crippen MR) is 111 cm³/mol. The van der Waals surface area contributed by atoms with Crippen LogP contribution in [0.15, 0.2) is 33.8 Å². The second-order valence-electron chi connectivity index (χ2n) is 8.46. The van der Waals surface area contributed by atoms with E-state index >= 15 is 0 Å². The highest BCUT2D eigenvalue weighted by Crippen LogP contribution is 2.46. The molecule has 1 saturated carbocycles. The second-order valence-corrected chi connectivity index (χ2v) is 8.87. The molecule has 3 aromatic heterocycles. The molecule has 9 heteroatoms. The fraction of sp³-hybridized carbons (Fsp3) is 0.429. The average Bonchev–Trinajstić information content (AvgIpc) is 3.17. The van der Waals surface area contributed by atoms with Gasteiger partial charge in [0.2, 0.25) is 11.7 Å². The van der Waals surface area contributed by atoms with E-state index in [2.05, 4.69) is 22.0 Å². The lowest BCUT2D eigenvalue weighted by atomic mass is 10.1. The fourth-order valence-corrected chi connectivity index (χ4v) is 4.82. The zero-order valence-corrected chi connectivity index (χ0v) is 17.4. The minimum absolute atomic E-state index is 0.237. The van der Waals surface area contributed by atoms with Crippen molar-refractivity contribution >= 4 is 28.2 Å². The van der Waals surface area contributed by atoms with Crippen molar-refractivity contribution < 1.29 is 9.26 Å². The van der Waals surface area contributed by atoms with Crippen LogP contribution in [0.1, 0.15) is 44.9 Å². The first-order valence-electron chi connectivity index (χ1n) is 10.2. The van der Waals surface area contributed by atoms with Gasteiger partial charge in [-0.05, 0) is 44.2 Å². The van der Waals surface area contributed by atoms with E-state index in [0.29, 0.717) is 51.9 Å². The Morgan fingerprint density at radius 2 is 2.13 bits per heavy atom. The van der Waals surface area contributed by atoms with Gasteiger partial charge in [-0.3, -0.25) is 13.8 Å². The van der Waals surface area contributed by atoms with Gasteiger partial charge in [0, 0.05) is 12.5 Å². The standard InChI is InChI=1S/C21H20ClN5O3/c1-11-9-12(11)19-24-18(25-30-19)15-17-20(28)27(21(2)7-4-8-29-21)16-13(22)5-3-6-14(16)26(17)10-23-15/h3,5-6,10-12H,4,7-9H2,1-2H3. The molecule has 1 aliphatic heterocycles. The van der Waals surface area contributed by atoms with Gasteiger partial charge in [-0.25, -0.2) is 4.98 Å².